The number of fused-ring (bicyclic) bond motifs is 1. The van der Waals surface area contributed by atoms with Crippen LogP contribution in [0.1, 0.15) is 31.4 Å². The van der Waals surface area contributed by atoms with Gasteiger partial charge in [-0.2, -0.15) is 0 Å². The summed E-state index contributed by atoms with van der Waals surface area (Å²) in [6, 6.07) is 0.187. The lowest BCUT2D eigenvalue weighted by Crippen LogP contribution is -2.29. The van der Waals surface area contributed by atoms with Gasteiger partial charge in [-0.1, -0.05) is 0 Å². The third-order valence-electron chi connectivity index (χ3n) is 2.75. The van der Waals surface area contributed by atoms with E-state index in [-0.39, 0.29) is 6.04 Å². The van der Waals surface area contributed by atoms with Crippen LogP contribution in [0.15, 0.2) is 6.20 Å². The molecule has 1 aliphatic rings. The van der Waals surface area contributed by atoms with Crippen molar-refractivity contribution in [1.29, 1.82) is 0 Å². The summed E-state index contributed by atoms with van der Waals surface area (Å²) in [6.45, 7) is 3.03. The summed E-state index contributed by atoms with van der Waals surface area (Å²) in [5.74, 6) is 0.425. The molecule has 0 radical (unpaired) electrons. The van der Waals surface area contributed by atoms with Gasteiger partial charge in [-0.05, 0) is 31.4 Å². The van der Waals surface area contributed by atoms with Gasteiger partial charge in [0.05, 0.1) is 6.20 Å². The number of aromatic nitrogens is 2. The molecular weight excluding hydrogens is 186 g/mol. The lowest BCUT2D eigenvalue weighted by molar-refractivity contribution is 0.414. The zero-order valence-corrected chi connectivity index (χ0v) is 8.46. The van der Waals surface area contributed by atoms with E-state index in [2.05, 4.69) is 9.55 Å². The smallest absolute Gasteiger partial charge is 0.202 e. The summed E-state index contributed by atoms with van der Waals surface area (Å²) in [7, 11) is 0. The van der Waals surface area contributed by atoms with Gasteiger partial charge < -0.3 is 10.3 Å². The van der Waals surface area contributed by atoms with Crippen LogP contribution in [0.5, 0.6) is 0 Å². The van der Waals surface area contributed by atoms with Crippen LogP contribution < -0.4 is 5.73 Å². The van der Waals surface area contributed by atoms with Crippen molar-refractivity contribution in [1.82, 2.24) is 9.55 Å². The molecule has 3 nitrogen and oxygen atoms in total. The molecule has 1 aromatic heterocycles. The second-order valence-corrected chi connectivity index (χ2v) is 4.05. The van der Waals surface area contributed by atoms with Crippen molar-refractivity contribution in [2.45, 2.75) is 38.3 Å². The highest BCUT2D eigenvalue weighted by molar-refractivity contribution is 6.28. The third-order valence-corrected chi connectivity index (χ3v) is 3.05. The van der Waals surface area contributed by atoms with Gasteiger partial charge in [0.25, 0.3) is 0 Å². The molecule has 0 aliphatic carbocycles. The number of nitrogens with zero attached hydrogens (tertiary/aromatic N) is 2. The first-order valence-corrected chi connectivity index (χ1v) is 5.04. The van der Waals surface area contributed by atoms with Crippen LogP contribution in [-0.2, 0) is 6.54 Å². The zero-order chi connectivity index (χ0) is 9.42. The monoisotopic (exact) mass is 199 g/mol. The maximum atomic E-state index is 5.94. The minimum atomic E-state index is 0.187. The Morgan fingerprint density at radius 1 is 1.77 bits per heavy atom. The number of halogens is 1. The first kappa shape index (κ1) is 9.03. The summed E-state index contributed by atoms with van der Waals surface area (Å²) in [6.07, 6.45) is 4.16. The van der Waals surface area contributed by atoms with Crippen molar-refractivity contribution in [3.63, 3.8) is 0 Å². The molecule has 72 valence electrons. The van der Waals surface area contributed by atoms with Gasteiger partial charge in [0.15, 0.2) is 0 Å². The van der Waals surface area contributed by atoms with Crippen LogP contribution >= 0.6 is 11.6 Å². The lowest BCUT2D eigenvalue weighted by Gasteiger charge is -2.27. The summed E-state index contributed by atoms with van der Waals surface area (Å²) in [5.41, 5.74) is 7.11. The molecule has 2 unspecified atom stereocenters. The zero-order valence-electron chi connectivity index (χ0n) is 7.70. The van der Waals surface area contributed by atoms with Gasteiger partial charge in [0.2, 0.25) is 5.28 Å². The summed E-state index contributed by atoms with van der Waals surface area (Å²) in [5, 5.41) is 0.598. The Labute approximate surface area is 82.9 Å². The Bertz CT molecular complexity index is 306. The van der Waals surface area contributed by atoms with E-state index in [1.165, 1.54) is 5.69 Å². The maximum absolute atomic E-state index is 5.94. The van der Waals surface area contributed by atoms with Gasteiger partial charge in [-0.15, -0.1) is 0 Å². The number of rotatable bonds is 1. The van der Waals surface area contributed by atoms with E-state index in [9.17, 15) is 0 Å². The van der Waals surface area contributed by atoms with Crippen LogP contribution in [-0.4, -0.2) is 15.6 Å². The number of hydrogen-bond acceptors (Lipinski definition) is 2. The first-order chi connectivity index (χ1) is 6.20. The molecule has 0 amide bonds. The third kappa shape index (κ3) is 1.46. The first-order valence-electron chi connectivity index (χ1n) is 4.66. The lowest BCUT2D eigenvalue weighted by atomic mass is 9.91. The molecule has 2 N–H and O–H groups in total. The molecule has 2 heterocycles. The van der Waals surface area contributed by atoms with Crippen molar-refractivity contribution in [2.75, 3.05) is 0 Å². The topological polar surface area (TPSA) is 43.8 Å². The summed E-state index contributed by atoms with van der Waals surface area (Å²) in [4.78, 5) is 4.10. The van der Waals surface area contributed by atoms with E-state index in [0.717, 1.165) is 19.4 Å². The quantitative estimate of drug-likeness (QED) is 0.749. The minimum Gasteiger partial charge on any atom is -0.327 e. The average molecular weight is 200 g/mol. The molecule has 1 aromatic rings. The molecule has 4 heteroatoms. The predicted octanol–water partition coefficient (Wildman–Crippen LogP) is 1.76. The van der Waals surface area contributed by atoms with Crippen LogP contribution in [0.3, 0.4) is 0 Å². The van der Waals surface area contributed by atoms with Crippen LogP contribution in [0.4, 0.5) is 0 Å². The Hall–Kier alpha value is -0.540. The fourth-order valence-corrected chi connectivity index (χ4v) is 2.26. The fraction of sp³-hybridized carbons (Fsp3) is 0.667. The van der Waals surface area contributed by atoms with Gasteiger partial charge in [-0.25, -0.2) is 4.98 Å². The van der Waals surface area contributed by atoms with Crippen molar-refractivity contribution >= 4 is 11.6 Å². The van der Waals surface area contributed by atoms with E-state index >= 15 is 0 Å². The second kappa shape index (κ2) is 3.31. The highest BCUT2D eigenvalue weighted by Gasteiger charge is 2.25. The standard InChI is InChI=1S/C9H14ClN3/c1-6(11)7-3-2-4-13-8(7)5-12-9(13)10/h5-7H,2-4,11H2,1H3. The molecule has 2 atom stereocenters. The van der Waals surface area contributed by atoms with Gasteiger partial charge >= 0.3 is 0 Å². The van der Waals surface area contributed by atoms with E-state index in [1.54, 1.807) is 0 Å². The predicted molar refractivity (Wildman–Crippen MR) is 52.9 cm³/mol. The largest absolute Gasteiger partial charge is 0.327 e. The molecule has 0 bridgehead atoms. The molecule has 0 saturated carbocycles. The van der Waals surface area contributed by atoms with Crippen LogP contribution in [0.2, 0.25) is 5.28 Å². The Balaban J connectivity index is 2.38. The molecule has 0 aromatic carbocycles. The van der Waals surface area contributed by atoms with E-state index in [1.807, 2.05) is 13.1 Å². The fourth-order valence-electron chi connectivity index (χ4n) is 2.03. The molecule has 0 spiro atoms. The number of hydrogen-bond donors (Lipinski definition) is 1. The van der Waals surface area contributed by atoms with Gasteiger partial charge in [0, 0.05) is 24.2 Å². The molecule has 1 aliphatic heterocycles. The molecular formula is C9H14ClN3. The Morgan fingerprint density at radius 2 is 2.54 bits per heavy atom. The molecule has 0 saturated heterocycles. The molecule has 13 heavy (non-hydrogen) atoms. The van der Waals surface area contributed by atoms with E-state index in [4.69, 9.17) is 17.3 Å². The van der Waals surface area contributed by atoms with E-state index < -0.39 is 0 Å². The second-order valence-electron chi connectivity index (χ2n) is 3.71. The summed E-state index contributed by atoms with van der Waals surface area (Å²) < 4.78 is 2.07. The minimum absolute atomic E-state index is 0.187. The molecule has 2 rings (SSSR count). The molecule has 0 fully saturated rings. The van der Waals surface area contributed by atoms with Gasteiger partial charge in [0.1, 0.15) is 0 Å². The van der Waals surface area contributed by atoms with Crippen molar-refractivity contribution in [3.05, 3.63) is 17.2 Å². The number of nitrogens with two attached hydrogens (primary N) is 1. The Morgan fingerprint density at radius 3 is 3.23 bits per heavy atom. The normalized spacial score (nSPS) is 24.1. The highest BCUT2D eigenvalue weighted by Crippen LogP contribution is 2.31. The SMILES string of the molecule is CC(N)C1CCCn2c1cnc2Cl. The van der Waals surface area contributed by atoms with Crippen molar-refractivity contribution in [3.8, 4) is 0 Å². The van der Waals surface area contributed by atoms with Crippen LogP contribution in [0.25, 0.3) is 0 Å². The maximum Gasteiger partial charge on any atom is 0.202 e. The van der Waals surface area contributed by atoms with Crippen LogP contribution in [0, 0.1) is 0 Å². The average Bonchev–Trinajstić information content (AvgIpc) is 2.48. The summed E-state index contributed by atoms with van der Waals surface area (Å²) >= 11 is 5.94. The Kier molecular flexibility index (Phi) is 2.30. The van der Waals surface area contributed by atoms with Crippen molar-refractivity contribution in [2.24, 2.45) is 5.73 Å². The van der Waals surface area contributed by atoms with Crippen molar-refractivity contribution < 1.29 is 0 Å². The highest BCUT2D eigenvalue weighted by atomic mass is 35.5. The number of imidazole rings is 1. The van der Waals surface area contributed by atoms with Gasteiger partial charge in [-0.3, -0.25) is 0 Å². The van der Waals surface area contributed by atoms with E-state index in [0.29, 0.717) is 11.2 Å².